The Morgan fingerprint density at radius 2 is 1.64 bits per heavy atom. The summed E-state index contributed by atoms with van der Waals surface area (Å²) >= 11 is 0. The van der Waals surface area contributed by atoms with E-state index in [1.165, 1.54) is 7.11 Å². The number of amides is 2. The van der Waals surface area contributed by atoms with Crippen molar-refractivity contribution in [3.63, 3.8) is 0 Å². The maximum atomic E-state index is 12.2. The lowest BCUT2D eigenvalue weighted by molar-refractivity contribution is -0.142. The number of benzene rings is 1. The third-order valence-electron chi connectivity index (χ3n) is 3.52. The molecule has 1 atom stereocenters. The zero-order valence-corrected chi connectivity index (χ0v) is 15.8. The Balaban J connectivity index is 2.45. The minimum absolute atomic E-state index is 0.0543. The number of carbonyl (C=O) groups excluding carboxylic acids is 4. The van der Waals surface area contributed by atoms with Crippen LogP contribution in [0.1, 0.15) is 24.8 Å². The van der Waals surface area contributed by atoms with Crippen LogP contribution in [0.25, 0.3) is 0 Å². The van der Waals surface area contributed by atoms with E-state index in [1.54, 1.807) is 24.3 Å². The highest BCUT2D eigenvalue weighted by atomic mass is 16.7. The standard InChI is InChI=1S/C18H24N2O8/c1-25-16(22)19-11-7-6-10-14(20-17(23)26-2)15(21)28-18(24)27-12-13-8-4-3-5-9-13/h3-5,8-9,14H,6-7,10-12H2,1-2H3,(H,19,22)(H,20,23). The van der Waals surface area contributed by atoms with Gasteiger partial charge in [-0.1, -0.05) is 30.3 Å². The second-order valence-corrected chi connectivity index (χ2v) is 5.55. The number of carbonyl (C=O) groups is 4. The van der Waals surface area contributed by atoms with Crippen LogP contribution >= 0.6 is 0 Å². The molecule has 0 saturated carbocycles. The molecule has 1 unspecified atom stereocenters. The van der Waals surface area contributed by atoms with Crippen LogP contribution in [0.4, 0.5) is 14.4 Å². The van der Waals surface area contributed by atoms with Gasteiger partial charge in [-0.15, -0.1) is 0 Å². The van der Waals surface area contributed by atoms with Gasteiger partial charge in [0.1, 0.15) is 12.6 Å². The van der Waals surface area contributed by atoms with Gasteiger partial charge >= 0.3 is 24.3 Å². The van der Waals surface area contributed by atoms with E-state index in [4.69, 9.17) is 4.74 Å². The van der Waals surface area contributed by atoms with Gasteiger partial charge in [0, 0.05) is 6.54 Å². The van der Waals surface area contributed by atoms with E-state index in [9.17, 15) is 19.2 Å². The van der Waals surface area contributed by atoms with Gasteiger partial charge in [0.15, 0.2) is 0 Å². The molecular formula is C18H24N2O8. The number of esters is 1. The SMILES string of the molecule is COC(=O)NCCCCC(NC(=O)OC)C(=O)OC(=O)OCc1ccccc1. The van der Waals surface area contributed by atoms with Crippen LogP contribution < -0.4 is 10.6 Å². The maximum Gasteiger partial charge on any atom is 0.516 e. The van der Waals surface area contributed by atoms with E-state index in [1.807, 2.05) is 6.07 Å². The molecule has 0 aromatic heterocycles. The molecule has 2 N–H and O–H groups in total. The first-order valence-electron chi connectivity index (χ1n) is 8.55. The van der Waals surface area contributed by atoms with Crippen LogP contribution in [0, 0.1) is 0 Å². The van der Waals surface area contributed by atoms with E-state index in [0.717, 1.165) is 12.7 Å². The zero-order chi connectivity index (χ0) is 20.8. The Morgan fingerprint density at radius 3 is 2.29 bits per heavy atom. The van der Waals surface area contributed by atoms with Crippen LogP contribution in [0.15, 0.2) is 30.3 Å². The molecule has 0 saturated heterocycles. The van der Waals surface area contributed by atoms with Gasteiger partial charge in [0.25, 0.3) is 0 Å². The molecule has 0 spiro atoms. The lowest BCUT2D eigenvalue weighted by atomic mass is 10.1. The monoisotopic (exact) mass is 396 g/mol. The zero-order valence-electron chi connectivity index (χ0n) is 15.8. The van der Waals surface area contributed by atoms with Crippen molar-refractivity contribution in [3.8, 4) is 0 Å². The average molecular weight is 396 g/mol. The largest absolute Gasteiger partial charge is 0.516 e. The summed E-state index contributed by atoms with van der Waals surface area (Å²) in [6, 6.07) is 7.77. The number of hydrogen-bond acceptors (Lipinski definition) is 8. The summed E-state index contributed by atoms with van der Waals surface area (Å²) in [4.78, 5) is 46.2. The van der Waals surface area contributed by atoms with E-state index >= 15 is 0 Å². The van der Waals surface area contributed by atoms with Crippen LogP contribution in [0.3, 0.4) is 0 Å². The Morgan fingerprint density at radius 1 is 0.964 bits per heavy atom. The number of nitrogens with one attached hydrogen (secondary N) is 2. The van der Waals surface area contributed by atoms with Gasteiger partial charge in [-0.05, 0) is 24.8 Å². The molecule has 1 aromatic rings. The minimum Gasteiger partial charge on any atom is -0.453 e. The third-order valence-corrected chi connectivity index (χ3v) is 3.52. The number of methoxy groups -OCH3 is 2. The molecule has 1 rings (SSSR count). The molecule has 10 heteroatoms. The molecule has 0 bridgehead atoms. The van der Waals surface area contributed by atoms with Gasteiger partial charge in [-0.25, -0.2) is 19.2 Å². The average Bonchev–Trinajstić information content (AvgIpc) is 2.71. The normalized spacial score (nSPS) is 10.9. The second kappa shape index (κ2) is 13.0. The number of unbranched alkanes of at least 4 members (excludes halogenated alkanes) is 1. The molecule has 0 radical (unpaired) electrons. The smallest absolute Gasteiger partial charge is 0.453 e. The van der Waals surface area contributed by atoms with Crippen molar-refractivity contribution in [2.75, 3.05) is 20.8 Å². The van der Waals surface area contributed by atoms with Crippen LogP contribution in [0.2, 0.25) is 0 Å². The Bertz CT molecular complexity index is 650. The van der Waals surface area contributed by atoms with Crippen LogP contribution in [0.5, 0.6) is 0 Å². The molecule has 2 amide bonds. The van der Waals surface area contributed by atoms with E-state index < -0.39 is 30.4 Å². The van der Waals surface area contributed by atoms with Crippen LogP contribution in [-0.2, 0) is 30.3 Å². The first-order chi connectivity index (χ1) is 13.5. The summed E-state index contributed by atoms with van der Waals surface area (Å²) in [6.07, 6.45) is -1.44. The summed E-state index contributed by atoms with van der Waals surface area (Å²) in [5.74, 6) is -0.968. The molecule has 0 fully saturated rings. The number of ether oxygens (including phenoxy) is 4. The summed E-state index contributed by atoms with van der Waals surface area (Å²) in [5, 5.41) is 4.79. The van der Waals surface area contributed by atoms with E-state index in [0.29, 0.717) is 19.4 Å². The number of rotatable bonds is 9. The Labute approximate surface area is 162 Å². The molecule has 0 aliphatic carbocycles. The van der Waals surface area contributed by atoms with Crippen LogP contribution in [-0.4, -0.2) is 51.1 Å². The lowest BCUT2D eigenvalue weighted by Crippen LogP contribution is -2.42. The Kier molecular flexibility index (Phi) is 10.5. The van der Waals surface area contributed by atoms with Crippen molar-refractivity contribution in [1.82, 2.24) is 10.6 Å². The van der Waals surface area contributed by atoms with Gasteiger partial charge in [-0.3, -0.25) is 0 Å². The predicted molar refractivity (Wildman–Crippen MR) is 96.3 cm³/mol. The van der Waals surface area contributed by atoms with Gasteiger partial charge in [0.05, 0.1) is 14.2 Å². The molecule has 1 aromatic carbocycles. The highest BCUT2D eigenvalue weighted by Gasteiger charge is 2.25. The summed E-state index contributed by atoms with van der Waals surface area (Å²) in [7, 11) is 2.39. The van der Waals surface area contributed by atoms with Crippen molar-refractivity contribution in [2.45, 2.75) is 31.9 Å². The summed E-state index contributed by atoms with van der Waals surface area (Å²) in [6.45, 7) is 0.271. The quantitative estimate of drug-likeness (QED) is 0.281. The predicted octanol–water partition coefficient (Wildman–Crippen LogP) is 2.12. The second-order valence-electron chi connectivity index (χ2n) is 5.55. The third kappa shape index (κ3) is 9.41. The first-order valence-corrected chi connectivity index (χ1v) is 8.55. The molecule has 154 valence electrons. The highest BCUT2D eigenvalue weighted by molar-refractivity contribution is 5.88. The van der Waals surface area contributed by atoms with Gasteiger partial charge < -0.3 is 29.6 Å². The lowest BCUT2D eigenvalue weighted by Gasteiger charge is -2.16. The molecule has 28 heavy (non-hydrogen) atoms. The van der Waals surface area contributed by atoms with Crippen molar-refractivity contribution in [3.05, 3.63) is 35.9 Å². The van der Waals surface area contributed by atoms with Crippen molar-refractivity contribution >= 4 is 24.3 Å². The maximum absolute atomic E-state index is 12.2. The molecule has 0 heterocycles. The molecular weight excluding hydrogens is 372 g/mol. The fraction of sp³-hybridized carbons (Fsp3) is 0.444. The van der Waals surface area contributed by atoms with Crippen molar-refractivity contribution in [1.29, 1.82) is 0 Å². The molecule has 10 nitrogen and oxygen atoms in total. The molecule has 0 aliphatic heterocycles. The number of hydrogen-bond donors (Lipinski definition) is 2. The van der Waals surface area contributed by atoms with E-state index in [-0.39, 0.29) is 13.0 Å². The minimum atomic E-state index is -1.17. The van der Waals surface area contributed by atoms with E-state index in [2.05, 4.69) is 24.8 Å². The summed E-state index contributed by atoms with van der Waals surface area (Å²) < 4.78 is 18.4. The molecule has 0 aliphatic rings. The highest BCUT2D eigenvalue weighted by Crippen LogP contribution is 2.06. The van der Waals surface area contributed by atoms with Crippen molar-refractivity contribution < 1.29 is 38.1 Å². The van der Waals surface area contributed by atoms with Gasteiger partial charge in [0.2, 0.25) is 0 Å². The topological polar surface area (TPSA) is 129 Å². The fourth-order valence-corrected chi connectivity index (χ4v) is 2.09. The van der Waals surface area contributed by atoms with Crippen molar-refractivity contribution in [2.24, 2.45) is 0 Å². The number of alkyl carbamates (subject to hydrolysis) is 2. The summed E-state index contributed by atoms with van der Waals surface area (Å²) in [5.41, 5.74) is 0.731. The van der Waals surface area contributed by atoms with Gasteiger partial charge in [-0.2, -0.15) is 0 Å². The Hall–Kier alpha value is -3.30. The fourth-order valence-electron chi connectivity index (χ4n) is 2.09. The first kappa shape index (κ1) is 22.7.